The van der Waals surface area contributed by atoms with Crippen LogP contribution in [0.4, 0.5) is 13.2 Å². The normalized spacial score (nSPS) is 21.4. The zero-order chi connectivity index (χ0) is 24.1. The van der Waals surface area contributed by atoms with Gasteiger partial charge in [-0.3, -0.25) is 14.5 Å². The van der Waals surface area contributed by atoms with Gasteiger partial charge in [0, 0.05) is 37.0 Å². The number of aromatic nitrogens is 2. The van der Waals surface area contributed by atoms with E-state index in [9.17, 15) is 22.8 Å². The van der Waals surface area contributed by atoms with Gasteiger partial charge in [0.2, 0.25) is 11.8 Å². The topological polar surface area (TPSA) is 96.5 Å². The van der Waals surface area contributed by atoms with Crippen molar-refractivity contribution in [3.8, 4) is 5.88 Å². The van der Waals surface area contributed by atoms with Gasteiger partial charge in [-0.2, -0.15) is 13.2 Å². The first kappa shape index (κ1) is 23.9. The van der Waals surface area contributed by atoms with Gasteiger partial charge in [-0.05, 0) is 43.9 Å². The predicted octanol–water partition coefficient (Wildman–Crippen LogP) is 2.42. The third-order valence-electron chi connectivity index (χ3n) is 6.14. The number of carbonyl (C=O) groups is 2. The fourth-order valence-electron chi connectivity index (χ4n) is 4.33. The largest absolute Gasteiger partial charge is 0.474 e. The molecule has 2 fully saturated rings. The minimum absolute atomic E-state index is 0.00653. The van der Waals surface area contributed by atoms with E-state index in [0.717, 1.165) is 57.0 Å². The quantitative estimate of drug-likeness (QED) is 0.636. The first-order valence-electron chi connectivity index (χ1n) is 11.2. The molecule has 8 nitrogen and oxygen atoms in total. The standard InChI is InChI=1S/C23H26F3N5O3/c24-23(25,26)16-3-1-2-15(10-16)22(33)28-11-20(32)30-17-12-31(13-17)18-4-6-19(7-5-18)34-21-8-9-27-14-29-21/h1-3,8-10,14,17-19H,4-7,11-13H2,(H,28,33)(H,30,32)/t18-,19+. The average Bonchev–Trinajstić information content (AvgIpc) is 2.80. The van der Waals surface area contributed by atoms with Crippen molar-refractivity contribution in [2.45, 2.75) is 50.0 Å². The van der Waals surface area contributed by atoms with Crippen LogP contribution in [0.25, 0.3) is 0 Å². The number of hydrogen-bond acceptors (Lipinski definition) is 6. The van der Waals surface area contributed by atoms with Crippen molar-refractivity contribution in [3.05, 3.63) is 54.0 Å². The Labute approximate surface area is 194 Å². The summed E-state index contributed by atoms with van der Waals surface area (Å²) in [5.41, 5.74) is -1.05. The molecule has 1 saturated carbocycles. The predicted molar refractivity (Wildman–Crippen MR) is 116 cm³/mol. The van der Waals surface area contributed by atoms with E-state index in [4.69, 9.17) is 4.74 Å². The second-order valence-corrected chi connectivity index (χ2v) is 8.58. The molecule has 1 aliphatic carbocycles. The van der Waals surface area contributed by atoms with Crippen LogP contribution in [0.15, 0.2) is 42.9 Å². The molecule has 1 aromatic heterocycles. The van der Waals surface area contributed by atoms with E-state index in [1.807, 2.05) is 0 Å². The van der Waals surface area contributed by atoms with E-state index >= 15 is 0 Å². The maximum absolute atomic E-state index is 12.8. The van der Waals surface area contributed by atoms with Crippen LogP contribution in [0, 0.1) is 0 Å². The number of amides is 2. The summed E-state index contributed by atoms with van der Waals surface area (Å²) >= 11 is 0. The second kappa shape index (κ2) is 10.4. The summed E-state index contributed by atoms with van der Waals surface area (Å²) in [7, 11) is 0. The van der Waals surface area contributed by atoms with Crippen molar-refractivity contribution >= 4 is 11.8 Å². The number of hydrogen-bond donors (Lipinski definition) is 2. The summed E-state index contributed by atoms with van der Waals surface area (Å²) < 4.78 is 44.3. The molecule has 2 amide bonds. The van der Waals surface area contributed by atoms with Crippen molar-refractivity contribution in [1.29, 1.82) is 0 Å². The highest BCUT2D eigenvalue weighted by molar-refractivity contribution is 5.96. The molecule has 1 aliphatic heterocycles. The maximum atomic E-state index is 12.8. The highest BCUT2D eigenvalue weighted by Crippen LogP contribution is 2.30. The van der Waals surface area contributed by atoms with Gasteiger partial charge in [-0.15, -0.1) is 0 Å². The highest BCUT2D eigenvalue weighted by Gasteiger charge is 2.36. The molecule has 0 spiro atoms. The van der Waals surface area contributed by atoms with Gasteiger partial charge in [-0.1, -0.05) is 6.07 Å². The first-order valence-corrected chi connectivity index (χ1v) is 11.2. The molecule has 2 aliphatic rings. The van der Waals surface area contributed by atoms with Crippen LogP contribution in [0.3, 0.4) is 0 Å². The minimum atomic E-state index is -4.53. The molecule has 1 saturated heterocycles. The Morgan fingerprint density at radius 2 is 1.88 bits per heavy atom. The number of nitrogens with one attached hydrogen (secondary N) is 2. The summed E-state index contributed by atoms with van der Waals surface area (Å²) in [6.45, 7) is 1.17. The van der Waals surface area contributed by atoms with E-state index in [1.54, 1.807) is 12.3 Å². The van der Waals surface area contributed by atoms with Crippen LogP contribution < -0.4 is 15.4 Å². The lowest BCUT2D eigenvalue weighted by molar-refractivity contribution is -0.137. The lowest BCUT2D eigenvalue weighted by Gasteiger charge is -2.46. The van der Waals surface area contributed by atoms with Crippen molar-refractivity contribution < 1.29 is 27.5 Å². The molecule has 1 aromatic carbocycles. The molecule has 0 bridgehead atoms. The summed E-state index contributed by atoms with van der Waals surface area (Å²) in [6, 6.07) is 6.29. The SMILES string of the molecule is O=C(CNC(=O)c1cccc(C(F)(F)F)c1)NC1CN([C@H]2CC[C@@H](Oc3ccncn3)CC2)C1. The summed E-state index contributed by atoms with van der Waals surface area (Å²) in [5, 5.41) is 5.23. The number of carbonyl (C=O) groups excluding carboxylic acids is 2. The highest BCUT2D eigenvalue weighted by atomic mass is 19.4. The molecule has 182 valence electrons. The van der Waals surface area contributed by atoms with E-state index < -0.39 is 17.6 Å². The minimum Gasteiger partial charge on any atom is -0.474 e. The van der Waals surface area contributed by atoms with E-state index in [2.05, 4.69) is 25.5 Å². The Morgan fingerprint density at radius 1 is 1.12 bits per heavy atom. The van der Waals surface area contributed by atoms with Gasteiger partial charge in [0.05, 0.1) is 18.2 Å². The third kappa shape index (κ3) is 6.22. The van der Waals surface area contributed by atoms with Crippen LogP contribution in [0.5, 0.6) is 5.88 Å². The second-order valence-electron chi connectivity index (χ2n) is 8.58. The number of halogens is 3. The number of rotatable bonds is 7. The van der Waals surface area contributed by atoms with Crippen LogP contribution in [0.1, 0.15) is 41.6 Å². The summed E-state index contributed by atoms with van der Waals surface area (Å²) in [6.07, 6.45) is 2.60. The molecule has 2 aromatic rings. The molecule has 2 heterocycles. The lowest BCUT2D eigenvalue weighted by Crippen LogP contribution is -2.63. The van der Waals surface area contributed by atoms with Gasteiger partial charge in [0.25, 0.3) is 5.91 Å². The lowest BCUT2D eigenvalue weighted by atomic mass is 9.89. The molecule has 0 unspecified atom stereocenters. The number of ether oxygens (including phenoxy) is 1. The number of likely N-dealkylation sites (tertiary alicyclic amines) is 1. The van der Waals surface area contributed by atoms with E-state index in [0.29, 0.717) is 11.9 Å². The van der Waals surface area contributed by atoms with Gasteiger partial charge in [-0.25, -0.2) is 9.97 Å². The monoisotopic (exact) mass is 477 g/mol. The molecule has 34 heavy (non-hydrogen) atoms. The van der Waals surface area contributed by atoms with Crippen molar-refractivity contribution in [2.75, 3.05) is 19.6 Å². The Morgan fingerprint density at radius 3 is 2.56 bits per heavy atom. The molecule has 0 radical (unpaired) electrons. The Balaban J connectivity index is 1.13. The summed E-state index contributed by atoms with van der Waals surface area (Å²) in [4.78, 5) is 34.6. The molecular formula is C23H26F3N5O3. The average molecular weight is 477 g/mol. The molecule has 4 rings (SSSR count). The molecule has 0 atom stereocenters. The van der Waals surface area contributed by atoms with Gasteiger partial charge in [0.15, 0.2) is 0 Å². The molecule has 11 heteroatoms. The molecule has 2 N–H and O–H groups in total. The summed E-state index contributed by atoms with van der Waals surface area (Å²) in [5.74, 6) is -0.505. The van der Waals surface area contributed by atoms with E-state index in [1.165, 1.54) is 12.4 Å². The maximum Gasteiger partial charge on any atom is 0.416 e. The van der Waals surface area contributed by atoms with Crippen LogP contribution >= 0.6 is 0 Å². The smallest absolute Gasteiger partial charge is 0.416 e. The van der Waals surface area contributed by atoms with Crippen molar-refractivity contribution in [3.63, 3.8) is 0 Å². The third-order valence-corrected chi connectivity index (χ3v) is 6.14. The fourth-order valence-corrected chi connectivity index (χ4v) is 4.33. The Bertz CT molecular complexity index is 991. The molecular weight excluding hydrogens is 451 g/mol. The van der Waals surface area contributed by atoms with Crippen molar-refractivity contribution in [2.24, 2.45) is 0 Å². The number of alkyl halides is 3. The first-order chi connectivity index (χ1) is 16.3. The van der Waals surface area contributed by atoms with E-state index in [-0.39, 0.29) is 30.2 Å². The Hall–Kier alpha value is -3.21. The zero-order valence-electron chi connectivity index (χ0n) is 18.4. The number of nitrogens with zero attached hydrogens (tertiary/aromatic N) is 3. The van der Waals surface area contributed by atoms with Crippen LogP contribution in [-0.2, 0) is 11.0 Å². The number of benzene rings is 1. The van der Waals surface area contributed by atoms with Gasteiger partial charge < -0.3 is 15.4 Å². The van der Waals surface area contributed by atoms with Crippen LogP contribution in [0.2, 0.25) is 0 Å². The Kier molecular flexibility index (Phi) is 7.30. The van der Waals surface area contributed by atoms with Gasteiger partial charge in [0.1, 0.15) is 12.4 Å². The van der Waals surface area contributed by atoms with Gasteiger partial charge >= 0.3 is 6.18 Å². The fraction of sp³-hybridized carbons (Fsp3) is 0.478. The van der Waals surface area contributed by atoms with Crippen LogP contribution in [-0.4, -0.2) is 64.5 Å². The van der Waals surface area contributed by atoms with Crippen molar-refractivity contribution in [1.82, 2.24) is 25.5 Å². The zero-order valence-corrected chi connectivity index (χ0v) is 18.4.